The molecule has 0 saturated carbocycles. The Balaban J connectivity index is 1.79. The monoisotopic (exact) mass is 459 g/mol. The highest BCUT2D eigenvalue weighted by atomic mass is 127. The van der Waals surface area contributed by atoms with Crippen LogP contribution in [0.25, 0.3) is 0 Å². The van der Waals surface area contributed by atoms with Crippen LogP contribution in [0.2, 0.25) is 0 Å². The van der Waals surface area contributed by atoms with Crippen molar-refractivity contribution in [2.45, 2.75) is 20.1 Å². The molecule has 0 aliphatic rings. The van der Waals surface area contributed by atoms with E-state index < -0.39 is 5.97 Å². The molecule has 0 radical (unpaired) electrons. The lowest BCUT2D eigenvalue weighted by molar-refractivity contribution is 0.0465. The van der Waals surface area contributed by atoms with E-state index in [9.17, 15) is 4.79 Å². The number of carbonyl (C=O) groups is 1. The number of halogens is 1. The second-order valence-corrected chi connectivity index (χ2v) is 6.89. The van der Waals surface area contributed by atoms with Crippen LogP contribution in [0.15, 0.2) is 66.9 Å². The molecule has 2 aromatic carbocycles. The van der Waals surface area contributed by atoms with Crippen molar-refractivity contribution in [1.29, 1.82) is 0 Å². The molecule has 0 amide bonds. The summed E-state index contributed by atoms with van der Waals surface area (Å²) in [4.78, 5) is 17.0. The quantitative estimate of drug-likeness (QED) is 0.388. The molecule has 4 nitrogen and oxygen atoms in total. The van der Waals surface area contributed by atoms with Gasteiger partial charge in [0, 0.05) is 9.77 Å². The van der Waals surface area contributed by atoms with Gasteiger partial charge in [0.1, 0.15) is 18.8 Å². The lowest BCUT2D eigenvalue weighted by Crippen LogP contribution is -2.12. The summed E-state index contributed by atoms with van der Waals surface area (Å²) < 4.78 is 12.1. The highest BCUT2D eigenvalue weighted by Crippen LogP contribution is 2.28. The predicted molar refractivity (Wildman–Crippen MR) is 108 cm³/mol. The van der Waals surface area contributed by atoms with E-state index in [-0.39, 0.29) is 6.61 Å². The van der Waals surface area contributed by atoms with Crippen molar-refractivity contribution in [3.63, 3.8) is 0 Å². The number of nitrogens with zero attached hydrogens (tertiary/aromatic N) is 1. The molecule has 0 aliphatic heterocycles. The summed E-state index contributed by atoms with van der Waals surface area (Å²) >= 11 is 2.08. The topological polar surface area (TPSA) is 48.4 Å². The van der Waals surface area contributed by atoms with Crippen molar-refractivity contribution >= 4 is 28.6 Å². The first-order chi connectivity index (χ1) is 12.6. The molecular weight excluding hydrogens is 441 g/mol. The van der Waals surface area contributed by atoms with Gasteiger partial charge in [-0.25, -0.2) is 4.79 Å². The van der Waals surface area contributed by atoms with Crippen molar-refractivity contribution in [2.24, 2.45) is 0 Å². The number of pyridine rings is 1. The molecule has 26 heavy (non-hydrogen) atoms. The molecule has 0 aliphatic carbocycles. The molecule has 132 valence electrons. The van der Waals surface area contributed by atoms with Crippen molar-refractivity contribution in [3.05, 3.63) is 92.8 Å². The lowest BCUT2D eigenvalue weighted by Gasteiger charge is -2.15. The van der Waals surface area contributed by atoms with Crippen LogP contribution in [0.1, 0.15) is 27.2 Å². The fraction of sp³-hybridized carbons (Fsp3) is 0.143. The maximum absolute atomic E-state index is 12.7. The van der Waals surface area contributed by atoms with Crippen LogP contribution in [0.5, 0.6) is 5.75 Å². The molecule has 0 fully saturated rings. The molecule has 3 rings (SSSR count). The summed E-state index contributed by atoms with van der Waals surface area (Å²) in [7, 11) is 0. The van der Waals surface area contributed by atoms with Crippen LogP contribution >= 0.6 is 22.6 Å². The average molecular weight is 459 g/mol. The minimum Gasteiger partial charge on any atom is -0.486 e. The van der Waals surface area contributed by atoms with Gasteiger partial charge in [-0.2, -0.15) is 0 Å². The van der Waals surface area contributed by atoms with Gasteiger partial charge < -0.3 is 9.47 Å². The van der Waals surface area contributed by atoms with Crippen molar-refractivity contribution in [3.8, 4) is 5.75 Å². The number of benzene rings is 2. The number of esters is 1. The van der Waals surface area contributed by atoms with Gasteiger partial charge in [-0.3, -0.25) is 4.98 Å². The van der Waals surface area contributed by atoms with E-state index in [1.54, 1.807) is 6.20 Å². The van der Waals surface area contributed by atoms with Crippen LogP contribution in [0.3, 0.4) is 0 Å². The van der Waals surface area contributed by atoms with Gasteiger partial charge in [0.05, 0.1) is 5.69 Å². The number of hydrogen-bond donors (Lipinski definition) is 0. The van der Waals surface area contributed by atoms with Gasteiger partial charge >= 0.3 is 5.97 Å². The molecule has 1 heterocycles. The molecule has 3 aromatic rings. The smallest absolute Gasteiger partial charge is 0.343 e. The Bertz CT molecular complexity index is 883. The number of aryl methyl sites for hydroxylation is 1. The first-order valence-electron chi connectivity index (χ1n) is 8.18. The maximum Gasteiger partial charge on any atom is 0.343 e. The largest absolute Gasteiger partial charge is 0.486 e. The van der Waals surface area contributed by atoms with E-state index in [0.717, 1.165) is 11.1 Å². The van der Waals surface area contributed by atoms with E-state index in [1.165, 1.54) is 0 Å². The first kappa shape index (κ1) is 18.4. The summed E-state index contributed by atoms with van der Waals surface area (Å²) in [5.74, 6) is 0.0608. The van der Waals surface area contributed by atoms with Gasteiger partial charge in [-0.1, -0.05) is 60.7 Å². The summed E-state index contributed by atoms with van der Waals surface area (Å²) in [6.07, 6.45) is 1.66. The third kappa shape index (κ3) is 4.60. The Morgan fingerprint density at radius 3 is 2.15 bits per heavy atom. The molecule has 0 saturated heterocycles. The van der Waals surface area contributed by atoms with Crippen LogP contribution < -0.4 is 4.74 Å². The van der Waals surface area contributed by atoms with Crippen LogP contribution in [-0.2, 0) is 18.0 Å². The Labute approximate surface area is 166 Å². The summed E-state index contributed by atoms with van der Waals surface area (Å²) in [5.41, 5.74) is 3.04. The molecule has 0 unspecified atom stereocenters. The number of ether oxygens (including phenoxy) is 2. The van der Waals surface area contributed by atoms with Gasteiger partial charge in [-0.15, -0.1) is 0 Å². The summed E-state index contributed by atoms with van der Waals surface area (Å²) in [5, 5.41) is 0. The van der Waals surface area contributed by atoms with E-state index in [2.05, 4.69) is 27.6 Å². The average Bonchev–Trinajstić information content (AvgIpc) is 2.68. The van der Waals surface area contributed by atoms with Crippen molar-refractivity contribution < 1.29 is 14.3 Å². The molecule has 0 N–H and O–H groups in total. The van der Waals surface area contributed by atoms with Crippen molar-refractivity contribution in [2.75, 3.05) is 0 Å². The highest BCUT2D eigenvalue weighted by Gasteiger charge is 2.21. The van der Waals surface area contributed by atoms with Gasteiger partial charge in [-0.05, 0) is 40.6 Å². The van der Waals surface area contributed by atoms with E-state index in [0.29, 0.717) is 27.2 Å². The fourth-order valence-corrected chi connectivity index (χ4v) is 3.06. The van der Waals surface area contributed by atoms with Gasteiger partial charge in [0.25, 0.3) is 0 Å². The van der Waals surface area contributed by atoms with Gasteiger partial charge in [0.15, 0.2) is 5.75 Å². The number of rotatable bonds is 6. The second-order valence-electron chi connectivity index (χ2n) is 5.73. The zero-order chi connectivity index (χ0) is 18.4. The van der Waals surface area contributed by atoms with Crippen LogP contribution in [0.4, 0.5) is 0 Å². The van der Waals surface area contributed by atoms with Crippen molar-refractivity contribution in [1.82, 2.24) is 4.98 Å². The Morgan fingerprint density at radius 2 is 1.54 bits per heavy atom. The molecule has 0 bridgehead atoms. The van der Waals surface area contributed by atoms with E-state index in [1.807, 2.05) is 67.6 Å². The van der Waals surface area contributed by atoms with Crippen LogP contribution in [0, 0.1) is 10.5 Å². The van der Waals surface area contributed by atoms with Gasteiger partial charge in [0.2, 0.25) is 0 Å². The maximum atomic E-state index is 12.7. The Morgan fingerprint density at radius 1 is 0.962 bits per heavy atom. The first-order valence-corrected chi connectivity index (χ1v) is 9.26. The Kier molecular flexibility index (Phi) is 6.22. The SMILES string of the molecule is Cc1ncc(I)c(C(=O)OCc2ccccc2)c1OCc1ccccc1. The minimum absolute atomic E-state index is 0.218. The third-order valence-electron chi connectivity index (χ3n) is 3.81. The number of carbonyl (C=O) groups excluding carboxylic acids is 1. The minimum atomic E-state index is -0.410. The highest BCUT2D eigenvalue weighted by molar-refractivity contribution is 14.1. The summed E-state index contributed by atoms with van der Waals surface area (Å²) in [6, 6.07) is 19.4. The van der Waals surface area contributed by atoms with E-state index in [4.69, 9.17) is 9.47 Å². The lowest BCUT2D eigenvalue weighted by atomic mass is 10.2. The molecule has 0 atom stereocenters. The number of hydrogen-bond acceptors (Lipinski definition) is 4. The fourth-order valence-electron chi connectivity index (χ4n) is 2.46. The third-order valence-corrected chi connectivity index (χ3v) is 4.63. The molecular formula is C21H18INO3. The zero-order valence-corrected chi connectivity index (χ0v) is 16.5. The standard InChI is InChI=1S/C21H18INO3/c1-15-20(25-13-16-8-4-2-5-9-16)19(18(22)12-23-15)21(24)26-14-17-10-6-3-7-11-17/h2-12H,13-14H2,1H3. The van der Waals surface area contributed by atoms with Crippen LogP contribution in [-0.4, -0.2) is 11.0 Å². The Hall–Kier alpha value is -2.41. The normalized spacial score (nSPS) is 10.4. The second kappa shape index (κ2) is 8.80. The zero-order valence-electron chi connectivity index (χ0n) is 14.3. The van der Waals surface area contributed by atoms with E-state index >= 15 is 0 Å². The predicted octanol–water partition coefficient (Wildman–Crippen LogP) is 4.93. The number of aromatic nitrogens is 1. The molecule has 5 heteroatoms. The molecule has 0 spiro atoms. The molecule has 1 aromatic heterocycles. The summed E-state index contributed by atoms with van der Waals surface area (Å²) in [6.45, 7) is 2.40.